The molecule has 0 aliphatic carbocycles. The lowest BCUT2D eigenvalue weighted by Gasteiger charge is -1.95. The van der Waals surface area contributed by atoms with Crippen molar-refractivity contribution >= 4 is 23.4 Å². The number of carbonyl (C=O) groups is 1. The summed E-state index contributed by atoms with van der Waals surface area (Å²) in [7, 11) is 0. The number of carboxylic acid groups (broad SMARTS) is 1. The van der Waals surface area contributed by atoms with Crippen LogP contribution in [0.4, 0.5) is 0 Å². The van der Waals surface area contributed by atoms with E-state index in [1.54, 1.807) is 0 Å². The topological polar surface area (TPSA) is 72.5 Å². The summed E-state index contributed by atoms with van der Waals surface area (Å²) in [6.07, 6.45) is 0. The lowest BCUT2D eigenvalue weighted by molar-refractivity contribution is -0.139. The van der Waals surface area contributed by atoms with Crippen LogP contribution in [0.2, 0.25) is 0 Å². The smallest absolute Gasteiger partial charge is 0.341 e. The van der Waals surface area contributed by atoms with Gasteiger partial charge in [0.05, 0.1) is 0 Å². The van der Waals surface area contributed by atoms with Crippen LogP contribution in [-0.4, -0.2) is 22.9 Å². The molecular weight excluding hydrogens is 130 g/mol. The van der Waals surface area contributed by atoms with Gasteiger partial charge in [-0.25, -0.2) is 4.79 Å². The third-order valence-corrected chi connectivity index (χ3v) is 0.456. The largest absolute Gasteiger partial charge is 0.479 e. The monoisotopic (exact) mass is 135 g/mol. The first-order valence-electron chi connectivity index (χ1n) is 1.77. The zero-order valence-corrected chi connectivity index (χ0v) is 4.77. The Labute approximate surface area is 51.2 Å². The first kappa shape index (κ1) is 7.16. The Balaban J connectivity index is 3.18. The van der Waals surface area contributed by atoms with Crippen LogP contribution in [0.5, 0.6) is 0 Å². The highest BCUT2D eigenvalue weighted by atomic mass is 32.1. The number of aliphatic carboxylic acids is 1. The van der Waals surface area contributed by atoms with Crippen LogP contribution in [0.3, 0.4) is 0 Å². The van der Waals surface area contributed by atoms with Gasteiger partial charge in [0.15, 0.2) is 6.61 Å². The Morgan fingerprint density at radius 3 is 2.50 bits per heavy atom. The summed E-state index contributed by atoms with van der Waals surface area (Å²) in [4.78, 5) is 9.66. The average Bonchev–Trinajstić information content (AvgIpc) is 1.61. The fourth-order valence-electron chi connectivity index (χ4n) is 0.133. The van der Waals surface area contributed by atoms with E-state index in [4.69, 9.17) is 10.8 Å². The molecule has 0 spiro atoms. The molecule has 0 unspecified atom stereocenters. The minimum atomic E-state index is -1.09. The van der Waals surface area contributed by atoms with E-state index in [-0.39, 0.29) is 5.17 Å². The summed E-state index contributed by atoms with van der Waals surface area (Å²) in [5, 5.41) is 7.68. The first-order chi connectivity index (χ1) is 3.63. The Hall–Kier alpha value is -0.840. The van der Waals surface area contributed by atoms with E-state index in [0.717, 1.165) is 0 Å². The number of thiocarbonyl (C=S) groups is 1. The fourth-order valence-corrected chi connectivity index (χ4v) is 0.192. The van der Waals surface area contributed by atoms with Crippen molar-refractivity contribution < 1.29 is 14.6 Å². The fraction of sp³-hybridized carbons (Fsp3) is 0.333. The lowest BCUT2D eigenvalue weighted by atomic mass is 10.7. The molecule has 0 aliphatic heterocycles. The Kier molecular flexibility index (Phi) is 2.86. The van der Waals surface area contributed by atoms with E-state index < -0.39 is 12.6 Å². The van der Waals surface area contributed by atoms with Crippen molar-refractivity contribution in [3.8, 4) is 0 Å². The van der Waals surface area contributed by atoms with Crippen molar-refractivity contribution in [2.45, 2.75) is 0 Å². The van der Waals surface area contributed by atoms with Gasteiger partial charge in [-0.15, -0.1) is 0 Å². The molecule has 0 heterocycles. The summed E-state index contributed by atoms with van der Waals surface area (Å²) in [6.45, 7) is -0.463. The minimum Gasteiger partial charge on any atom is -0.479 e. The molecule has 0 fully saturated rings. The predicted molar refractivity (Wildman–Crippen MR) is 30.4 cm³/mol. The van der Waals surface area contributed by atoms with Gasteiger partial charge in [-0.05, 0) is 12.2 Å². The highest BCUT2D eigenvalue weighted by molar-refractivity contribution is 7.80. The summed E-state index contributed by atoms with van der Waals surface area (Å²) >= 11 is 4.21. The van der Waals surface area contributed by atoms with Crippen molar-refractivity contribution in [3.63, 3.8) is 0 Å². The second-order valence-electron chi connectivity index (χ2n) is 1.00. The van der Waals surface area contributed by atoms with Crippen LogP contribution >= 0.6 is 12.2 Å². The van der Waals surface area contributed by atoms with Crippen molar-refractivity contribution in [1.82, 2.24) is 0 Å². The van der Waals surface area contributed by atoms with E-state index in [9.17, 15) is 4.79 Å². The second kappa shape index (κ2) is 3.20. The molecule has 46 valence electrons. The van der Waals surface area contributed by atoms with Gasteiger partial charge in [-0.1, -0.05) is 0 Å². The molecular formula is C3H5NO3S. The summed E-state index contributed by atoms with van der Waals surface area (Å²) in [5.74, 6) is -1.09. The number of ether oxygens (including phenoxy) is 1. The van der Waals surface area contributed by atoms with Gasteiger partial charge < -0.3 is 15.6 Å². The van der Waals surface area contributed by atoms with Crippen LogP contribution in [0.25, 0.3) is 0 Å². The van der Waals surface area contributed by atoms with Crippen LogP contribution < -0.4 is 5.73 Å². The molecule has 0 aromatic heterocycles. The van der Waals surface area contributed by atoms with Crippen molar-refractivity contribution in [3.05, 3.63) is 0 Å². The maximum Gasteiger partial charge on any atom is 0.341 e. The standard InChI is InChI=1S/C3H5NO3S/c4-3(8)7-1-2(5)6/h1H2,(H2,4,8)(H,5,6). The minimum absolute atomic E-state index is 0.243. The third kappa shape index (κ3) is 5.16. The van der Waals surface area contributed by atoms with Crippen LogP contribution in [-0.2, 0) is 9.53 Å². The SMILES string of the molecule is NC(=S)OCC(=O)O. The van der Waals surface area contributed by atoms with Gasteiger partial charge in [0.25, 0.3) is 5.17 Å². The third-order valence-electron chi connectivity index (χ3n) is 0.338. The molecule has 0 amide bonds. The van der Waals surface area contributed by atoms with E-state index in [0.29, 0.717) is 0 Å². The molecule has 0 aromatic rings. The van der Waals surface area contributed by atoms with E-state index in [1.165, 1.54) is 0 Å². The van der Waals surface area contributed by atoms with Crippen molar-refractivity contribution in [2.75, 3.05) is 6.61 Å². The maximum atomic E-state index is 9.66. The van der Waals surface area contributed by atoms with Gasteiger partial charge in [0.2, 0.25) is 0 Å². The molecule has 0 saturated carbocycles. The van der Waals surface area contributed by atoms with Gasteiger partial charge >= 0.3 is 5.97 Å². The van der Waals surface area contributed by atoms with E-state index >= 15 is 0 Å². The average molecular weight is 135 g/mol. The molecule has 0 radical (unpaired) electrons. The van der Waals surface area contributed by atoms with Gasteiger partial charge in [-0.2, -0.15) is 0 Å². The van der Waals surface area contributed by atoms with Gasteiger partial charge in [0, 0.05) is 0 Å². The molecule has 4 nitrogen and oxygen atoms in total. The van der Waals surface area contributed by atoms with E-state index in [2.05, 4.69) is 17.0 Å². The number of nitrogens with two attached hydrogens (primary N) is 1. The van der Waals surface area contributed by atoms with Gasteiger partial charge in [-0.3, -0.25) is 0 Å². The summed E-state index contributed by atoms with van der Waals surface area (Å²) in [6, 6.07) is 0. The number of carboxylic acids is 1. The van der Waals surface area contributed by atoms with Crippen molar-refractivity contribution in [2.24, 2.45) is 5.73 Å². The molecule has 0 atom stereocenters. The molecule has 0 saturated heterocycles. The number of hydrogen-bond acceptors (Lipinski definition) is 3. The quantitative estimate of drug-likeness (QED) is 0.491. The lowest BCUT2D eigenvalue weighted by Crippen LogP contribution is -2.17. The van der Waals surface area contributed by atoms with Crippen molar-refractivity contribution in [1.29, 1.82) is 0 Å². The van der Waals surface area contributed by atoms with Gasteiger partial charge in [0.1, 0.15) is 0 Å². The van der Waals surface area contributed by atoms with E-state index in [1.807, 2.05) is 0 Å². The highest BCUT2D eigenvalue weighted by Gasteiger charge is 1.95. The van der Waals surface area contributed by atoms with Crippen LogP contribution in [0.15, 0.2) is 0 Å². The molecule has 0 aliphatic rings. The summed E-state index contributed by atoms with van der Waals surface area (Å²) in [5.41, 5.74) is 4.79. The van der Waals surface area contributed by atoms with Crippen LogP contribution in [0.1, 0.15) is 0 Å². The first-order valence-corrected chi connectivity index (χ1v) is 2.18. The molecule has 0 aromatic carbocycles. The Morgan fingerprint density at radius 2 is 2.38 bits per heavy atom. The summed E-state index contributed by atoms with van der Waals surface area (Å²) < 4.78 is 4.21. The Morgan fingerprint density at radius 1 is 1.88 bits per heavy atom. The Bertz CT molecular complexity index is 99.1. The number of hydrogen-bond donors (Lipinski definition) is 2. The predicted octanol–water partition coefficient (Wildman–Crippen LogP) is -0.669. The zero-order valence-electron chi connectivity index (χ0n) is 3.96. The van der Waals surface area contributed by atoms with Crippen LogP contribution in [0, 0.1) is 0 Å². The number of rotatable bonds is 2. The zero-order chi connectivity index (χ0) is 6.57. The molecule has 5 heteroatoms. The molecule has 8 heavy (non-hydrogen) atoms. The maximum absolute atomic E-state index is 9.66. The second-order valence-corrected chi connectivity index (χ2v) is 1.40. The highest BCUT2D eigenvalue weighted by Crippen LogP contribution is 1.72. The molecule has 3 N–H and O–H groups in total. The molecule has 0 bridgehead atoms. The molecule has 0 rings (SSSR count). The normalized spacial score (nSPS) is 8.00.